The van der Waals surface area contributed by atoms with Crippen LogP contribution in [0.4, 0.5) is 5.82 Å². The van der Waals surface area contributed by atoms with Gasteiger partial charge in [-0.1, -0.05) is 11.5 Å². The first kappa shape index (κ1) is 21.2. The summed E-state index contributed by atoms with van der Waals surface area (Å²) >= 11 is 0. The van der Waals surface area contributed by atoms with Gasteiger partial charge in [-0.2, -0.15) is 0 Å². The molecule has 1 aromatic carbocycles. The number of sulfone groups is 1. The maximum Gasteiger partial charge on any atom is 0.258 e. The molecule has 0 spiro atoms. The minimum atomic E-state index is -3.28. The molecule has 0 atom stereocenters. The summed E-state index contributed by atoms with van der Waals surface area (Å²) in [6.45, 7) is 1.62. The van der Waals surface area contributed by atoms with E-state index in [9.17, 15) is 13.2 Å². The Kier molecular flexibility index (Phi) is 5.87. The Morgan fingerprint density at radius 2 is 1.77 bits per heavy atom. The Balaban J connectivity index is 1.40. The van der Waals surface area contributed by atoms with Crippen molar-refractivity contribution in [2.75, 3.05) is 24.2 Å². The van der Waals surface area contributed by atoms with E-state index in [1.54, 1.807) is 30.6 Å². The number of hydrogen-bond acceptors (Lipinski definition) is 6. The Morgan fingerprint density at radius 1 is 1.06 bits per heavy atom. The number of piperidine rings is 1. The van der Waals surface area contributed by atoms with Crippen LogP contribution in [0.25, 0.3) is 5.69 Å². The Labute approximate surface area is 182 Å². The fraction of sp³-hybridized carbons (Fsp3) is 0.273. The Morgan fingerprint density at radius 3 is 2.35 bits per heavy atom. The molecule has 3 heterocycles. The lowest BCUT2D eigenvalue weighted by molar-refractivity contribution is 0.170. The van der Waals surface area contributed by atoms with E-state index in [0.29, 0.717) is 16.9 Å². The summed E-state index contributed by atoms with van der Waals surface area (Å²) in [5.41, 5.74) is 0.990. The summed E-state index contributed by atoms with van der Waals surface area (Å²) in [5.74, 6) is 1.43. The van der Waals surface area contributed by atoms with Gasteiger partial charge in [0.15, 0.2) is 9.84 Å². The molecule has 0 aliphatic carbocycles. The molecule has 1 saturated heterocycles. The van der Waals surface area contributed by atoms with Gasteiger partial charge in [0.05, 0.1) is 4.90 Å². The molecule has 0 unspecified atom stereocenters. The van der Waals surface area contributed by atoms with Gasteiger partial charge in [-0.15, -0.1) is 0 Å². The molecule has 0 N–H and O–H groups in total. The topological polar surface area (TPSA) is 81.5 Å². The van der Waals surface area contributed by atoms with Crippen LogP contribution in [0, 0.1) is 0 Å². The molecule has 3 aromatic rings. The van der Waals surface area contributed by atoms with E-state index < -0.39 is 9.84 Å². The van der Waals surface area contributed by atoms with Crippen LogP contribution < -0.4 is 20.7 Å². The number of benzene rings is 1. The largest absolute Gasteiger partial charge is 0.490 e. The van der Waals surface area contributed by atoms with Crippen LogP contribution in [0.2, 0.25) is 0 Å². The number of ether oxygens (including phenoxy) is 1. The molecule has 0 saturated carbocycles. The quantitative estimate of drug-likeness (QED) is 0.565. The van der Waals surface area contributed by atoms with Gasteiger partial charge in [-0.25, -0.2) is 13.4 Å². The van der Waals surface area contributed by atoms with E-state index in [1.807, 2.05) is 12.1 Å². The van der Waals surface area contributed by atoms with E-state index >= 15 is 0 Å². The highest BCUT2D eigenvalue weighted by atomic mass is 32.2. The predicted molar refractivity (Wildman–Crippen MR) is 121 cm³/mol. The number of aromatic nitrogens is 2. The van der Waals surface area contributed by atoms with Gasteiger partial charge in [0.1, 0.15) is 25.5 Å². The van der Waals surface area contributed by atoms with Crippen molar-refractivity contribution in [3.8, 4) is 11.4 Å². The van der Waals surface area contributed by atoms with Crippen LogP contribution in [0.15, 0.2) is 70.6 Å². The van der Waals surface area contributed by atoms with Crippen LogP contribution in [-0.2, 0) is 9.84 Å². The molecule has 4 rings (SSSR count). The highest BCUT2D eigenvalue weighted by Gasteiger charge is 2.21. The van der Waals surface area contributed by atoms with Crippen molar-refractivity contribution in [3.63, 3.8) is 0 Å². The molecule has 7 nitrogen and oxygen atoms in total. The molecule has 1 fully saturated rings. The molecule has 158 valence electrons. The number of hydrogen-bond donors (Lipinski definition) is 0. The third-order valence-corrected chi connectivity index (χ3v) is 6.40. The molecule has 2 radical (unpaired) electrons. The van der Waals surface area contributed by atoms with Crippen LogP contribution >= 0.6 is 0 Å². The molecule has 1 aliphatic heterocycles. The van der Waals surface area contributed by atoms with Gasteiger partial charge < -0.3 is 9.64 Å². The van der Waals surface area contributed by atoms with Crippen molar-refractivity contribution < 1.29 is 13.2 Å². The van der Waals surface area contributed by atoms with Crippen LogP contribution in [0.3, 0.4) is 0 Å². The molecule has 0 amide bonds. The molecular weight excluding hydrogens is 413 g/mol. The second-order valence-corrected chi connectivity index (χ2v) is 9.61. The fourth-order valence-corrected chi connectivity index (χ4v) is 4.21. The van der Waals surface area contributed by atoms with Crippen molar-refractivity contribution in [1.29, 1.82) is 0 Å². The maximum atomic E-state index is 12.6. The summed E-state index contributed by atoms with van der Waals surface area (Å²) in [5, 5.41) is 0. The smallest absolute Gasteiger partial charge is 0.258 e. The molecule has 9 heteroatoms. The summed E-state index contributed by atoms with van der Waals surface area (Å²) in [7, 11) is 2.42. The van der Waals surface area contributed by atoms with E-state index in [2.05, 4.69) is 9.88 Å². The van der Waals surface area contributed by atoms with Gasteiger partial charge in [-0.05, 0) is 36.4 Å². The predicted octanol–water partition coefficient (Wildman–Crippen LogP) is 1.48. The van der Waals surface area contributed by atoms with Crippen molar-refractivity contribution >= 4 is 29.0 Å². The SMILES string of the molecule is [B]c1ccc(N2CCC(Oc3ccn(-c4ccc(S(C)(=O)=O)cc4)c(=O)c3)CC2)nc1. The lowest BCUT2D eigenvalue weighted by Gasteiger charge is -2.33. The third-order valence-electron chi connectivity index (χ3n) is 5.27. The fourth-order valence-electron chi connectivity index (χ4n) is 3.58. The zero-order valence-electron chi connectivity index (χ0n) is 17.1. The first-order valence-electron chi connectivity index (χ1n) is 9.96. The first-order valence-corrected chi connectivity index (χ1v) is 11.8. The van der Waals surface area contributed by atoms with Crippen LogP contribution in [0.5, 0.6) is 5.75 Å². The average Bonchev–Trinajstić information content (AvgIpc) is 2.75. The molecule has 31 heavy (non-hydrogen) atoms. The zero-order valence-corrected chi connectivity index (χ0v) is 18.0. The van der Waals surface area contributed by atoms with Crippen LogP contribution in [0.1, 0.15) is 12.8 Å². The van der Waals surface area contributed by atoms with Gasteiger partial charge >= 0.3 is 0 Å². The van der Waals surface area contributed by atoms with Crippen molar-refractivity contribution in [2.45, 2.75) is 23.8 Å². The minimum absolute atomic E-state index is 0.0225. The highest BCUT2D eigenvalue weighted by molar-refractivity contribution is 7.90. The second-order valence-electron chi connectivity index (χ2n) is 7.59. The number of rotatable bonds is 5. The summed E-state index contributed by atoms with van der Waals surface area (Å²) in [4.78, 5) is 19.3. The minimum Gasteiger partial charge on any atom is -0.490 e. The van der Waals surface area contributed by atoms with E-state index in [4.69, 9.17) is 12.6 Å². The van der Waals surface area contributed by atoms with E-state index in [-0.39, 0.29) is 16.6 Å². The Bertz CT molecular complexity index is 1220. The standard InChI is InChI=1S/C22H22BN3O4S/c1-31(28,29)20-5-3-17(4-6-20)26-13-10-19(14-22(26)27)30-18-8-11-25(12-9-18)21-7-2-16(23)15-24-21/h2-7,10,13-15,18H,8-9,11-12H2,1H3. The van der Waals surface area contributed by atoms with Gasteiger partial charge in [0.2, 0.25) is 0 Å². The molecule has 2 aromatic heterocycles. The van der Waals surface area contributed by atoms with E-state index in [0.717, 1.165) is 38.0 Å². The summed E-state index contributed by atoms with van der Waals surface area (Å²) in [6, 6.07) is 13.2. The summed E-state index contributed by atoms with van der Waals surface area (Å²) in [6.07, 6.45) is 6.11. The highest BCUT2D eigenvalue weighted by Crippen LogP contribution is 2.21. The van der Waals surface area contributed by atoms with Gasteiger partial charge in [0, 0.05) is 56.3 Å². The van der Waals surface area contributed by atoms with Crippen molar-refractivity contribution in [3.05, 3.63) is 71.3 Å². The average molecular weight is 435 g/mol. The first-order chi connectivity index (χ1) is 14.8. The monoisotopic (exact) mass is 435 g/mol. The molecular formula is C22H22BN3O4S. The molecule has 1 aliphatic rings. The van der Waals surface area contributed by atoms with Crippen molar-refractivity contribution in [1.82, 2.24) is 9.55 Å². The number of pyridine rings is 2. The van der Waals surface area contributed by atoms with Crippen LogP contribution in [-0.4, -0.2) is 51.3 Å². The molecule has 0 bridgehead atoms. The zero-order chi connectivity index (χ0) is 22.0. The maximum absolute atomic E-state index is 12.6. The second kappa shape index (κ2) is 8.59. The Hall–Kier alpha value is -3.07. The van der Waals surface area contributed by atoms with Crippen molar-refractivity contribution in [2.24, 2.45) is 0 Å². The number of nitrogens with zero attached hydrogens (tertiary/aromatic N) is 3. The number of anilines is 1. The lowest BCUT2D eigenvalue weighted by Crippen LogP contribution is -2.39. The van der Waals surface area contributed by atoms with Gasteiger partial charge in [-0.3, -0.25) is 9.36 Å². The lowest BCUT2D eigenvalue weighted by atomic mass is 9.99. The van der Waals surface area contributed by atoms with Gasteiger partial charge in [0.25, 0.3) is 5.56 Å². The normalized spacial score (nSPS) is 15.1. The van der Waals surface area contributed by atoms with E-state index in [1.165, 1.54) is 22.8 Å². The summed E-state index contributed by atoms with van der Waals surface area (Å²) < 4.78 is 30.7. The third kappa shape index (κ3) is 4.99.